The highest BCUT2D eigenvalue weighted by Crippen LogP contribution is 2.51. The summed E-state index contributed by atoms with van der Waals surface area (Å²) in [6, 6.07) is 14.3. The minimum atomic E-state index is -4.32. The summed E-state index contributed by atoms with van der Waals surface area (Å²) in [6.07, 6.45) is -0.167. The third-order valence-electron chi connectivity index (χ3n) is 2.84. The average Bonchev–Trinajstić information content (AvgIpc) is 2.44. The summed E-state index contributed by atoms with van der Waals surface area (Å²) in [5, 5.41) is 11.0. The quantitative estimate of drug-likeness (QED) is 0.554. The van der Waals surface area contributed by atoms with Gasteiger partial charge in [-0.25, -0.2) is 0 Å². The molecule has 4 N–H and O–H groups in total. The molecule has 0 aliphatic heterocycles. The van der Waals surface area contributed by atoms with Crippen molar-refractivity contribution in [3.05, 3.63) is 64.1 Å². The zero-order chi connectivity index (χ0) is 18.3. The van der Waals surface area contributed by atoms with Gasteiger partial charge >= 0.3 is 7.60 Å². The topological polar surface area (TPSA) is 89.8 Å². The van der Waals surface area contributed by atoms with Crippen molar-refractivity contribution in [1.82, 2.24) is 0 Å². The van der Waals surface area contributed by atoms with E-state index in [4.69, 9.17) is 5.11 Å². The van der Waals surface area contributed by atoms with Gasteiger partial charge in [-0.3, -0.25) is 4.57 Å². The summed E-state index contributed by atoms with van der Waals surface area (Å²) in [4.78, 5) is 19.2. The standard InChI is InChI=1S/C14H15BrNO3P.C3H8O/c1-10-3-2-4-11(9-10)14(20(17,18)19)16-13-7-5-12(15)6-8-13;1-3(2)4/h2-9,14,16H,1H3,(H2,17,18,19);3-4H,1-2H3. The highest BCUT2D eigenvalue weighted by Gasteiger charge is 2.30. The maximum absolute atomic E-state index is 11.7. The van der Waals surface area contributed by atoms with Crippen LogP contribution in [0.1, 0.15) is 30.8 Å². The molecular weight excluding hydrogens is 393 g/mol. The predicted octanol–water partition coefficient (Wildman–Crippen LogP) is 4.43. The van der Waals surface area contributed by atoms with E-state index < -0.39 is 13.4 Å². The molecule has 132 valence electrons. The molecule has 0 heterocycles. The SMILES string of the molecule is CC(C)O.Cc1cccc(C(Nc2ccc(Br)cc2)P(=O)(O)O)c1. The molecule has 7 heteroatoms. The van der Waals surface area contributed by atoms with Gasteiger partial charge in [-0.2, -0.15) is 0 Å². The number of aliphatic hydroxyl groups excluding tert-OH is 1. The lowest BCUT2D eigenvalue weighted by Gasteiger charge is -2.21. The minimum Gasteiger partial charge on any atom is -0.394 e. The first-order chi connectivity index (χ1) is 11.1. The molecule has 0 radical (unpaired) electrons. The Bertz CT molecular complexity index is 682. The van der Waals surface area contributed by atoms with Crippen molar-refractivity contribution in [2.45, 2.75) is 32.7 Å². The van der Waals surface area contributed by atoms with E-state index in [2.05, 4.69) is 21.2 Å². The molecule has 0 fully saturated rings. The number of rotatable bonds is 4. The van der Waals surface area contributed by atoms with Gasteiger partial charge in [0.2, 0.25) is 0 Å². The highest BCUT2D eigenvalue weighted by atomic mass is 79.9. The lowest BCUT2D eigenvalue weighted by molar-refractivity contribution is 0.216. The second-order valence-corrected chi connectivity index (χ2v) is 8.26. The van der Waals surface area contributed by atoms with Gasteiger partial charge < -0.3 is 20.2 Å². The maximum Gasteiger partial charge on any atom is 0.352 e. The lowest BCUT2D eigenvalue weighted by Crippen LogP contribution is -2.11. The summed E-state index contributed by atoms with van der Waals surface area (Å²) < 4.78 is 12.6. The van der Waals surface area contributed by atoms with Crippen LogP contribution in [0.4, 0.5) is 5.69 Å². The summed E-state index contributed by atoms with van der Waals surface area (Å²) in [7, 11) is -4.32. The van der Waals surface area contributed by atoms with Gasteiger partial charge in [0.25, 0.3) is 0 Å². The molecule has 1 atom stereocenters. The van der Waals surface area contributed by atoms with Crippen LogP contribution in [0.3, 0.4) is 0 Å². The van der Waals surface area contributed by atoms with Crippen LogP contribution in [-0.2, 0) is 4.57 Å². The number of halogens is 1. The second kappa shape index (κ2) is 9.35. The van der Waals surface area contributed by atoms with Crippen LogP contribution in [0.5, 0.6) is 0 Å². The fourth-order valence-electron chi connectivity index (χ4n) is 1.91. The van der Waals surface area contributed by atoms with Gasteiger partial charge in [0.05, 0.1) is 0 Å². The first-order valence-corrected chi connectivity index (χ1v) is 9.89. The van der Waals surface area contributed by atoms with Gasteiger partial charge in [-0.1, -0.05) is 45.8 Å². The average molecular weight is 416 g/mol. The Balaban J connectivity index is 0.000000648. The van der Waals surface area contributed by atoms with E-state index in [1.54, 1.807) is 44.2 Å². The van der Waals surface area contributed by atoms with Crippen molar-refractivity contribution in [3.63, 3.8) is 0 Å². The Labute approximate surface area is 151 Å². The Morgan fingerprint density at radius 1 is 1.08 bits per heavy atom. The second-order valence-electron chi connectivity index (χ2n) is 5.65. The van der Waals surface area contributed by atoms with Crippen molar-refractivity contribution in [3.8, 4) is 0 Å². The van der Waals surface area contributed by atoms with Crippen molar-refractivity contribution >= 4 is 29.2 Å². The summed E-state index contributed by atoms with van der Waals surface area (Å²) in [6.45, 7) is 5.33. The summed E-state index contributed by atoms with van der Waals surface area (Å²) in [5.41, 5.74) is 2.18. The van der Waals surface area contributed by atoms with E-state index in [0.29, 0.717) is 11.3 Å². The Morgan fingerprint density at radius 2 is 1.62 bits per heavy atom. The smallest absolute Gasteiger partial charge is 0.352 e. The van der Waals surface area contributed by atoms with E-state index in [1.165, 1.54) is 0 Å². The van der Waals surface area contributed by atoms with E-state index in [1.807, 2.05) is 25.1 Å². The van der Waals surface area contributed by atoms with Gasteiger partial charge in [0, 0.05) is 16.3 Å². The Hall–Kier alpha value is -1.17. The molecule has 0 aliphatic carbocycles. The zero-order valence-electron chi connectivity index (χ0n) is 13.8. The monoisotopic (exact) mass is 415 g/mol. The Morgan fingerprint density at radius 3 is 2.08 bits per heavy atom. The third kappa shape index (κ3) is 7.60. The molecule has 2 aromatic carbocycles. The number of hydrogen-bond acceptors (Lipinski definition) is 3. The molecule has 0 saturated carbocycles. The number of hydrogen-bond donors (Lipinski definition) is 4. The highest BCUT2D eigenvalue weighted by molar-refractivity contribution is 9.10. The molecule has 5 nitrogen and oxygen atoms in total. The van der Waals surface area contributed by atoms with Gasteiger partial charge in [0.1, 0.15) is 0 Å². The molecule has 0 amide bonds. The van der Waals surface area contributed by atoms with Crippen molar-refractivity contribution in [2.75, 3.05) is 5.32 Å². The number of nitrogens with one attached hydrogen (secondary N) is 1. The molecule has 2 aromatic rings. The minimum absolute atomic E-state index is 0.167. The van der Waals surface area contributed by atoms with Crippen LogP contribution in [0.15, 0.2) is 53.0 Å². The zero-order valence-corrected chi connectivity index (χ0v) is 16.3. The van der Waals surface area contributed by atoms with Crippen LogP contribution in [-0.4, -0.2) is 21.0 Å². The fraction of sp³-hybridized carbons (Fsp3) is 0.294. The van der Waals surface area contributed by atoms with Gasteiger partial charge in [0.15, 0.2) is 5.78 Å². The molecule has 24 heavy (non-hydrogen) atoms. The molecule has 0 bridgehead atoms. The predicted molar refractivity (Wildman–Crippen MR) is 101 cm³/mol. The van der Waals surface area contributed by atoms with Crippen LogP contribution in [0.25, 0.3) is 0 Å². The van der Waals surface area contributed by atoms with Crippen LogP contribution in [0, 0.1) is 6.92 Å². The summed E-state index contributed by atoms with van der Waals surface area (Å²) in [5.74, 6) is -1.05. The van der Waals surface area contributed by atoms with Crippen LogP contribution < -0.4 is 5.32 Å². The van der Waals surface area contributed by atoms with Crippen LogP contribution in [0.2, 0.25) is 0 Å². The normalized spacial score (nSPS) is 12.3. The van der Waals surface area contributed by atoms with Crippen molar-refractivity contribution < 1.29 is 19.5 Å². The van der Waals surface area contributed by atoms with E-state index >= 15 is 0 Å². The maximum atomic E-state index is 11.7. The van der Waals surface area contributed by atoms with Crippen LogP contribution >= 0.6 is 23.5 Å². The summed E-state index contributed by atoms with van der Waals surface area (Å²) >= 11 is 3.32. The Kier molecular flexibility index (Phi) is 8.13. The number of anilines is 1. The lowest BCUT2D eigenvalue weighted by atomic mass is 10.1. The molecule has 0 saturated heterocycles. The molecule has 2 rings (SSSR count). The fourth-order valence-corrected chi connectivity index (χ4v) is 3.04. The van der Waals surface area contributed by atoms with Gasteiger partial charge in [-0.05, 0) is 50.6 Å². The van der Waals surface area contributed by atoms with Crippen molar-refractivity contribution in [1.29, 1.82) is 0 Å². The molecule has 0 aromatic heterocycles. The molecule has 0 aliphatic rings. The first kappa shape index (κ1) is 20.9. The third-order valence-corrected chi connectivity index (χ3v) is 4.47. The van der Waals surface area contributed by atoms with E-state index in [9.17, 15) is 14.4 Å². The first-order valence-electron chi connectivity index (χ1n) is 7.41. The van der Waals surface area contributed by atoms with Gasteiger partial charge in [-0.15, -0.1) is 0 Å². The molecular formula is C17H23BrNO4P. The van der Waals surface area contributed by atoms with E-state index in [-0.39, 0.29) is 6.10 Å². The number of aryl methyl sites for hydroxylation is 1. The van der Waals surface area contributed by atoms with E-state index in [0.717, 1.165) is 10.0 Å². The largest absolute Gasteiger partial charge is 0.394 e. The number of aliphatic hydroxyl groups is 1. The van der Waals surface area contributed by atoms with Crippen molar-refractivity contribution in [2.24, 2.45) is 0 Å². The number of benzene rings is 2. The molecule has 0 spiro atoms. The molecule has 1 unspecified atom stereocenters.